The number of unbranched alkanes of at least 4 members (excludes halogenated alkanes) is 7. The lowest BCUT2D eigenvalue weighted by Crippen LogP contribution is -2.60. The van der Waals surface area contributed by atoms with Crippen LogP contribution in [0.5, 0.6) is 0 Å². The fourth-order valence-electron chi connectivity index (χ4n) is 7.21. The summed E-state index contributed by atoms with van der Waals surface area (Å²) in [5.41, 5.74) is 45.4. The van der Waals surface area contributed by atoms with Crippen LogP contribution in [-0.4, -0.2) is 147 Å². The molecule has 24 heteroatoms. The zero-order valence-electron chi connectivity index (χ0n) is 40.4. The first-order valence-corrected chi connectivity index (χ1v) is 24.6. The van der Waals surface area contributed by atoms with Crippen molar-refractivity contribution in [2.75, 3.05) is 52.4 Å². The van der Waals surface area contributed by atoms with Gasteiger partial charge in [0.2, 0.25) is 41.4 Å². The van der Waals surface area contributed by atoms with E-state index in [4.69, 9.17) is 45.9 Å². The van der Waals surface area contributed by atoms with Crippen molar-refractivity contribution in [2.45, 2.75) is 177 Å². The first kappa shape index (κ1) is 63.4. The van der Waals surface area contributed by atoms with Gasteiger partial charge in [0.25, 0.3) is 0 Å². The summed E-state index contributed by atoms with van der Waals surface area (Å²) in [6.45, 7) is 1.95. The maximum Gasteiger partial charge on any atom is 0.326 e. The largest absolute Gasteiger partial charge is 0.480 e. The highest BCUT2D eigenvalue weighted by molar-refractivity contribution is 5.97. The molecule has 0 aliphatic heterocycles. The Labute approximate surface area is 402 Å². The second-order valence-electron chi connectivity index (χ2n) is 17.0. The first-order chi connectivity index (χ1) is 32.7. The SMILES string of the molecule is NCCCC[C@H](NC(=O)[C@H](CCCCN)NC(=O)[C@H](CCCCN)NC(=O)[C@H](CCCCN)NC(=O)[C@H](CCCCN)NC(=O)[C@H](CCCCN)NC(=O)[C@H](CCCCN)NC(=O)CN)C(=O)O. The zero-order valence-corrected chi connectivity index (χ0v) is 40.4. The summed E-state index contributed by atoms with van der Waals surface area (Å²) in [6.07, 6.45) is 7.87. The molecule has 0 aromatic rings. The minimum absolute atomic E-state index is 0.109. The minimum Gasteiger partial charge on any atom is -0.480 e. The molecule has 7 amide bonds. The second-order valence-corrected chi connectivity index (χ2v) is 17.0. The summed E-state index contributed by atoms with van der Waals surface area (Å²) < 4.78 is 0. The number of carbonyl (C=O) groups is 8. The van der Waals surface area contributed by atoms with Gasteiger partial charge in [0.05, 0.1) is 6.54 Å². The molecule has 0 saturated heterocycles. The van der Waals surface area contributed by atoms with Crippen molar-refractivity contribution in [2.24, 2.45) is 45.9 Å². The molecular formula is C44H89N15O9. The van der Waals surface area contributed by atoms with Crippen molar-refractivity contribution >= 4 is 47.3 Å². The number of carbonyl (C=O) groups excluding carboxylic acids is 7. The van der Waals surface area contributed by atoms with E-state index in [2.05, 4.69) is 37.2 Å². The average molecular weight is 972 g/mol. The van der Waals surface area contributed by atoms with E-state index in [1.165, 1.54) is 0 Å². The van der Waals surface area contributed by atoms with Crippen molar-refractivity contribution in [1.29, 1.82) is 0 Å². The molecular weight excluding hydrogens is 883 g/mol. The lowest BCUT2D eigenvalue weighted by molar-refractivity contribution is -0.142. The van der Waals surface area contributed by atoms with Gasteiger partial charge >= 0.3 is 5.97 Å². The average Bonchev–Trinajstić information content (AvgIpc) is 3.31. The molecule has 0 heterocycles. The van der Waals surface area contributed by atoms with E-state index in [1.54, 1.807) is 0 Å². The van der Waals surface area contributed by atoms with Crippen LogP contribution in [0.4, 0.5) is 0 Å². The van der Waals surface area contributed by atoms with Crippen LogP contribution in [0.2, 0.25) is 0 Å². The third-order valence-corrected chi connectivity index (χ3v) is 11.2. The number of hydrogen-bond acceptors (Lipinski definition) is 16. The van der Waals surface area contributed by atoms with Gasteiger partial charge in [-0.25, -0.2) is 4.79 Å². The normalized spacial score (nSPS) is 14.2. The highest BCUT2D eigenvalue weighted by atomic mass is 16.4. The van der Waals surface area contributed by atoms with Crippen LogP contribution in [0.1, 0.15) is 135 Å². The Kier molecular flexibility index (Phi) is 37.6. The molecule has 394 valence electrons. The highest BCUT2D eigenvalue weighted by Crippen LogP contribution is 2.12. The van der Waals surface area contributed by atoms with Crippen molar-refractivity contribution in [1.82, 2.24) is 37.2 Å². The number of aliphatic carboxylic acids is 1. The maximum atomic E-state index is 14.2. The lowest BCUT2D eigenvalue weighted by Gasteiger charge is -2.28. The Bertz CT molecular complexity index is 1460. The number of carboxylic acid groups (broad SMARTS) is 1. The monoisotopic (exact) mass is 972 g/mol. The highest BCUT2D eigenvalue weighted by Gasteiger charge is 2.34. The number of hydrogen-bond donors (Lipinski definition) is 16. The van der Waals surface area contributed by atoms with E-state index < -0.39 is 89.6 Å². The molecule has 0 aromatic carbocycles. The molecule has 0 bridgehead atoms. The van der Waals surface area contributed by atoms with E-state index in [-0.39, 0.29) is 51.5 Å². The summed E-state index contributed by atoms with van der Waals surface area (Å²) in [4.78, 5) is 108. The molecule has 0 fully saturated rings. The predicted octanol–water partition coefficient (Wildman–Crippen LogP) is -3.67. The second kappa shape index (κ2) is 40.3. The van der Waals surface area contributed by atoms with Crippen molar-refractivity contribution in [3.63, 3.8) is 0 Å². The van der Waals surface area contributed by atoms with Gasteiger partial charge in [0.1, 0.15) is 42.3 Å². The van der Waals surface area contributed by atoms with Crippen molar-refractivity contribution in [3.05, 3.63) is 0 Å². The summed E-state index contributed by atoms with van der Waals surface area (Å²) in [5.74, 6) is -5.92. The molecule has 0 unspecified atom stereocenters. The fourth-order valence-corrected chi connectivity index (χ4v) is 7.21. The Morgan fingerprint density at radius 1 is 0.279 bits per heavy atom. The Morgan fingerprint density at radius 2 is 0.456 bits per heavy atom. The molecule has 24 N–H and O–H groups in total. The van der Waals surface area contributed by atoms with Crippen LogP contribution in [0.25, 0.3) is 0 Å². The summed E-state index contributed by atoms with van der Waals surface area (Å²) in [7, 11) is 0. The van der Waals surface area contributed by atoms with Crippen LogP contribution in [0, 0.1) is 0 Å². The van der Waals surface area contributed by atoms with E-state index in [0.717, 1.165) is 0 Å². The van der Waals surface area contributed by atoms with Crippen LogP contribution in [0.3, 0.4) is 0 Å². The van der Waals surface area contributed by atoms with Gasteiger partial charge in [-0.15, -0.1) is 0 Å². The van der Waals surface area contributed by atoms with Crippen molar-refractivity contribution in [3.8, 4) is 0 Å². The standard InChI is InChI=1S/C44H89N15O9/c45-22-8-1-15-30(53-37(60)29-52)38(61)54-31(16-2-9-23-46)39(62)55-32(17-3-10-24-47)40(63)56-33(18-4-11-25-48)41(64)57-34(19-5-12-26-49)42(65)58-35(20-6-13-27-50)43(66)59-36(44(67)68)21-7-14-28-51/h30-36H,1-29,45-52H2,(H,53,60)(H,54,61)(H,55,62)(H,56,63)(H,57,64)(H,58,65)(H,59,66)(H,67,68)/t30-,31-,32-,33-,34-,35-,36-/m0/s1. The van der Waals surface area contributed by atoms with Crippen LogP contribution >= 0.6 is 0 Å². The summed E-state index contributed by atoms with van der Waals surface area (Å²) in [5, 5.41) is 28.7. The van der Waals surface area contributed by atoms with Gasteiger partial charge in [0.15, 0.2) is 0 Å². The summed E-state index contributed by atoms with van der Waals surface area (Å²) in [6, 6.07) is -8.10. The fraction of sp³-hybridized carbons (Fsp3) is 0.818. The van der Waals surface area contributed by atoms with E-state index >= 15 is 0 Å². The Hall–Kier alpha value is -4.56. The van der Waals surface area contributed by atoms with Gasteiger partial charge in [0, 0.05) is 0 Å². The number of carboxylic acids is 1. The topological polar surface area (TPSA) is 449 Å². The van der Waals surface area contributed by atoms with Gasteiger partial charge < -0.3 is 88.2 Å². The molecule has 0 aromatic heterocycles. The van der Waals surface area contributed by atoms with Crippen molar-refractivity contribution < 1.29 is 43.5 Å². The number of nitrogens with two attached hydrogens (primary N) is 8. The number of rotatable bonds is 43. The minimum atomic E-state index is -1.24. The molecule has 0 aliphatic carbocycles. The third kappa shape index (κ3) is 28.7. The smallest absolute Gasteiger partial charge is 0.326 e. The quantitative estimate of drug-likeness (QED) is 0.0262. The predicted molar refractivity (Wildman–Crippen MR) is 261 cm³/mol. The van der Waals surface area contributed by atoms with Gasteiger partial charge in [-0.2, -0.15) is 0 Å². The molecule has 0 saturated carbocycles. The lowest BCUT2D eigenvalue weighted by atomic mass is 10.0. The molecule has 7 atom stereocenters. The van der Waals surface area contributed by atoms with Crippen LogP contribution < -0.4 is 83.1 Å². The molecule has 0 rings (SSSR count). The third-order valence-electron chi connectivity index (χ3n) is 11.2. The van der Waals surface area contributed by atoms with Gasteiger partial charge in [-0.05, 0) is 181 Å². The molecule has 24 nitrogen and oxygen atoms in total. The molecule has 0 spiro atoms. The number of amides is 7. The summed E-state index contributed by atoms with van der Waals surface area (Å²) >= 11 is 0. The van der Waals surface area contributed by atoms with Gasteiger partial charge in [-0.3, -0.25) is 33.6 Å². The Morgan fingerprint density at radius 3 is 0.632 bits per heavy atom. The van der Waals surface area contributed by atoms with Crippen LogP contribution in [0.15, 0.2) is 0 Å². The first-order valence-electron chi connectivity index (χ1n) is 24.6. The molecule has 0 aliphatic rings. The zero-order chi connectivity index (χ0) is 51.1. The number of nitrogens with one attached hydrogen (secondary N) is 7. The van der Waals surface area contributed by atoms with E-state index in [9.17, 15) is 43.5 Å². The van der Waals surface area contributed by atoms with E-state index in [0.29, 0.717) is 136 Å². The molecule has 0 radical (unpaired) electrons. The van der Waals surface area contributed by atoms with Crippen LogP contribution in [-0.2, 0) is 38.4 Å². The molecule has 68 heavy (non-hydrogen) atoms. The van der Waals surface area contributed by atoms with Gasteiger partial charge in [-0.1, -0.05) is 0 Å². The maximum absolute atomic E-state index is 14.2. The Balaban J connectivity index is 6.67. The van der Waals surface area contributed by atoms with E-state index in [1.807, 2.05) is 0 Å².